The Morgan fingerprint density at radius 1 is 1.73 bits per heavy atom. The molecule has 1 unspecified atom stereocenters. The van der Waals surface area contributed by atoms with E-state index >= 15 is 0 Å². The number of carboxylic acid groups (broad SMARTS) is 1. The van der Waals surface area contributed by atoms with Crippen LogP contribution in [0.1, 0.15) is 19.8 Å². The van der Waals surface area contributed by atoms with E-state index in [1.807, 2.05) is 6.92 Å². The normalized spacial score (nSPS) is 29.0. The lowest BCUT2D eigenvalue weighted by atomic mass is 9.92. The summed E-state index contributed by atoms with van der Waals surface area (Å²) in [4.78, 5) is 21.0. The molecule has 4 heteroatoms. The van der Waals surface area contributed by atoms with Crippen LogP contribution in [0.25, 0.3) is 0 Å². The van der Waals surface area contributed by atoms with Crippen LogP contribution in [0.5, 0.6) is 0 Å². The van der Waals surface area contributed by atoms with Crippen molar-refractivity contribution >= 4 is 11.9 Å². The van der Waals surface area contributed by atoms with E-state index < -0.39 is 18.0 Å². The summed E-state index contributed by atoms with van der Waals surface area (Å²) in [5.41, 5.74) is 0. The third-order valence-electron chi connectivity index (χ3n) is 1.75. The van der Waals surface area contributed by atoms with Gasteiger partial charge in [-0.25, -0.2) is 4.79 Å². The van der Waals surface area contributed by atoms with Crippen molar-refractivity contribution < 1.29 is 19.4 Å². The lowest BCUT2D eigenvalue weighted by molar-refractivity contribution is -0.196. The summed E-state index contributed by atoms with van der Waals surface area (Å²) in [6.07, 6.45) is 0.529. The first-order valence-electron chi connectivity index (χ1n) is 3.60. The zero-order chi connectivity index (χ0) is 8.43. The molecule has 0 aromatic carbocycles. The first-order chi connectivity index (χ1) is 5.16. The van der Waals surface area contributed by atoms with Gasteiger partial charge in [-0.3, -0.25) is 4.79 Å². The van der Waals surface area contributed by atoms with Crippen molar-refractivity contribution in [3.05, 3.63) is 0 Å². The van der Waals surface area contributed by atoms with Crippen LogP contribution in [0.15, 0.2) is 0 Å². The molecule has 1 N–H and O–H groups in total. The topological polar surface area (TPSA) is 63.6 Å². The maximum Gasteiger partial charge on any atom is 0.345 e. The molecule has 11 heavy (non-hydrogen) atoms. The molecular formula is C7H10O4. The first kappa shape index (κ1) is 8.04. The van der Waals surface area contributed by atoms with Gasteiger partial charge in [0.1, 0.15) is 5.92 Å². The van der Waals surface area contributed by atoms with E-state index in [2.05, 4.69) is 4.74 Å². The van der Waals surface area contributed by atoms with Crippen molar-refractivity contribution in [2.75, 3.05) is 0 Å². The molecule has 1 heterocycles. The third kappa shape index (κ3) is 1.34. The Balaban J connectivity index is 2.47. The lowest BCUT2D eigenvalue weighted by Crippen LogP contribution is -2.49. The number of carbonyl (C=O) groups is 2. The molecule has 4 nitrogen and oxygen atoms in total. The van der Waals surface area contributed by atoms with Crippen molar-refractivity contribution in [3.63, 3.8) is 0 Å². The van der Waals surface area contributed by atoms with E-state index in [0.29, 0.717) is 6.42 Å². The Kier molecular flexibility index (Phi) is 2.12. The van der Waals surface area contributed by atoms with Gasteiger partial charge in [0.25, 0.3) is 0 Å². The van der Waals surface area contributed by atoms with Crippen molar-refractivity contribution in [2.24, 2.45) is 5.92 Å². The van der Waals surface area contributed by atoms with Gasteiger partial charge in [0.2, 0.25) is 6.10 Å². The number of hydrogen-bond donors (Lipinski definition) is 1. The predicted octanol–water partition coefficient (Wildman–Crippen LogP) is 0.413. The molecule has 1 aliphatic rings. The van der Waals surface area contributed by atoms with Crippen LogP contribution in [0.3, 0.4) is 0 Å². The molecule has 0 bridgehead atoms. The second-order valence-corrected chi connectivity index (χ2v) is 2.59. The molecule has 1 fully saturated rings. The summed E-state index contributed by atoms with van der Waals surface area (Å²) < 4.78 is 4.43. The average Bonchev–Trinajstić information content (AvgIpc) is 1.95. The smallest absolute Gasteiger partial charge is 0.345 e. The highest BCUT2D eigenvalue weighted by Crippen LogP contribution is 2.26. The molecule has 0 radical (unpaired) electrons. The molecule has 0 saturated carbocycles. The Labute approximate surface area is 64.2 Å². The molecule has 0 aromatic heterocycles. The van der Waals surface area contributed by atoms with E-state index in [1.165, 1.54) is 0 Å². The van der Waals surface area contributed by atoms with Crippen molar-refractivity contribution in [1.82, 2.24) is 0 Å². The molecule has 1 aliphatic heterocycles. The highest BCUT2D eigenvalue weighted by molar-refractivity contribution is 5.90. The van der Waals surface area contributed by atoms with Gasteiger partial charge in [-0.1, -0.05) is 13.3 Å². The van der Waals surface area contributed by atoms with Gasteiger partial charge in [-0.05, 0) is 6.42 Å². The van der Waals surface area contributed by atoms with Gasteiger partial charge in [0.15, 0.2) is 0 Å². The molecule has 2 atom stereocenters. The first-order valence-corrected chi connectivity index (χ1v) is 3.60. The fourth-order valence-corrected chi connectivity index (χ4v) is 1.15. The van der Waals surface area contributed by atoms with E-state index in [0.717, 1.165) is 6.42 Å². The van der Waals surface area contributed by atoms with Crippen LogP contribution in [0.4, 0.5) is 0 Å². The van der Waals surface area contributed by atoms with Crippen molar-refractivity contribution in [1.29, 1.82) is 0 Å². The Morgan fingerprint density at radius 3 is 2.73 bits per heavy atom. The predicted molar refractivity (Wildman–Crippen MR) is 35.9 cm³/mol. The zero-order valence-electron chi connectivity index (χ0n) is 6.24. The highest BCUT2D eigenvalue weighted by Gasteiger charge is 2.46. The quantitative estimate of drug-likeness (QED) is 0.604. The highest BCUT2D eigenvalue weighted by atomic mass is 16.6. The molecule has 0 amide bonds. The van der Waals surface area contributed by atoms with Crippen LogP contribution in [0.2, 0.25) is 0 Å². The van der Waals surface area contributed by atoms with E-state index in [9.17, 15) is 9.59 Å². The monoisotopic (exact) mass is 158 g/mol. The van der Waals surface area contributed by atoms with Crippen LogP contribution in [-0.2, 0) is 14.3 Å². The number of carbonyl (C=O) groups excluding carboxylic acids is 1. The minimum Gasteiger partial charge on any atom is -0.478 e. The second-order valence-electron chi connectivity index (χ2n) is 2.59. The summed E-state index contributed by atoms with van der Waals surface area (Å²) in [5, 5.41) is 8.47. The summed E-state index contributed by atoms with van der Waals surface area (Å²) in [6.45, 7) is 1.91. The summed E-state index contributed by atoms with van der Waals surface area (Å²) >= 11 is 0. The molecule has 1 rings (SSSR count). The largest absolute Gasteiger partial charge is 0.478 e. The average molecular weight is 158 g/mol. The van der Waals surface area contributed by atoms with Crippen molar-refractivity contribution in [2.45, 2.75) is 25.9 Å². The van der Waals surface area contributed by atoms with Gasteiger partial charge in [-0.15, -0.1) is 0 Å². The molecular weight excluding hydrogens is 148 g/mol. The van der Waals surface area contributed by atoms with Crippen LogP contribution < -0.4 is 0 Å². The summed E-state index contributed by atoms with van der Waals surface area (Å²) in [6, 6.07) is 0. The SMILES string of the molecule is CCCC1C(=O)O[C@H]1C(=O)O. The summed E-state index contributed by atoms with van der Waals surface area (Å²) in [7, 11) is 0. The maximum absolute atomic E-state index is 10.6. The van der Waals surface area contributed by atoms with E-state index in [4.69, 9.17) is 5.11 Å². The number of esters is 1. The number of hydrogen-bond acceptors (Lipinski definition) is 3. The van der Waals surface area contributed by atoms with Gasteiger partial charge < -0.3 is 9.84 Å². The van der Waals surface area contributed by atoms with Crippen LogP contribution in [-0.4, -0.2) is 23.1 Å². The minimum absolute atomic E-state index is 0.376. The van der Waals surface area contributed by atoms with Gasteiger partial charge in [-0.2, -0.15) is 0 Å². The third-order valence-corrected chi connectivity index (χ3v) is 1.75. The zero-order valence-corrected chi connectivity index (χ0v) is 6.24. The van der Waals surface area contributed by atoms with Crippen molar-refractivity contribution in [3.8, 4) is 0 Å². The van der Waals surface area contributed by atoms with E-state index in [1.54, 1.807) is 0 Å². The molecule has 0 aliphatic carbocycles. The Bertz CT molecular complexity index is 187. The fraction of sp³-hybridized carbons (Fsp3) is 0.714. The molecule has 0 aromatic rings. The van der Waals surface area contributed by atoms with Gasteiger partial charge in [0.05, 0.1) is 0 Å². The number of carboxylic acids is 1. The van der Waals surface area contributed by atoms with Crippen LogP contribution >= 0.6 is 0 Å². The Hall–Kier alpha value is -1.06. The molecule has 62 valence electrons. The fourth-order valence-electron chi connectivity index (χ4n) is 1.15. The minimum atomic E-state index is -1.04. The van der Waals surface area contributed by atoms with Gasteiger partial charge >= 0.3 is 11.9 Å². The summed E-state index contributed by atoms with van der Waals surface area (Å²) in [5.74, 6) is -1.82. The number of cyclic esters (lactones) is 1. The van der Waals surface area contributed by atoms with E-state index in [-0.39, 0.29) is 5.97 Å². The Morgan fingerprint density at radius 2 is 2.36 bits per heavy atom. The lowest BCUT2D eigenvalue weighted by Gasteiger charge is -2.31. The standard InChI is InChI=1S/C7H10O4/c1-2-3-4-5(6(8)9)11-7(4)10/h4-5H,2-3H2,1H3,(H,8,9)/t4?,5-/m1/s1. The number of rotatable bonds is 3. The maximum atomic E-state index is 10.6. The number of aliphatic carboxylic acids is 1. The van der Waals surface area contributed by atoms with Crippen LogP contribution in [0, 0.1) is 5.92 Å². The van der Waals surface area contributed by atoms with Gasteiger partial charge in [0, 0.05) is 0 Å². The number of ether oxygens (including phenoxy) is 1. The second kappa shape index (κ2) is 2.90. The molecule has 1 saturated heterocycles. The molecule has 0 spiro atoms.